The van der Waals surface area contributed by atoms with Crippen molar-refractivity contribution < 1.29 is 14.3 Å². The fourth-order valence-corrected chi connectivity index (χ4v) is 3.34. The number of likely N-dealkylation sites (tertiary alicyclic amines) is 1. The van der Waals surface area contributed by atoms with Crippen LogP contribution in [0.25, 0.3) is 11.0 Å². The molecular weight excluding hydrogens is 344 g/mol. The van der Waals surface area contributed by atoms with Gasteiger partial charge in [-0.05, 0) is 45.7 Å². The van der Waals surface area contributed by atoms with Crippen LogP contribution in [0.15, 0.2) is 24.3 Å². The molecule has 0 bridgehead atoms. The Kier molecular flexibility index (Phi) is 5.68. The molecule has 1 atom stereocenters. The first-order valence-corrected chi connectivity index (χ1v) is 9.51. The lowest BCUT2D eigenvalue weighted by Gasteiger charge is -2.32. The zero-order valence-electron chi connectivity index (χ0n) is 16.2. The van der Waals surface area contributed by atoms with Gasteiger partial charge in [0, 0.05) is 32.0 Å². The highest BCUT2D eigenvalue weighted by atomic mass is 16.6. The Labute approximate surface area is 159 Å². The third kappa shape index (κ3) is 5.21. The summed E-state index contributed by atoms with van der Waals surface area (Å²) in [6.45, 7) is 7.11. The van der Waals surface area contributed by atoms with Crippen molar-refractivity contribution in [2.75, 3.05) is 19.6 Å². The predicted octanol–water partition coefficient (Wildman–Crippen LogP) is 3.18. The molecule has 1 unspecified atom stereocenters. The van der Waals surface area contributed by atoms with Gasteiger partial charge in [0.2, 0.25) is 5.91 Å². The molecule has 2 N–H and O–H groups in total. The van der Waals surface area contributed by atoms with E-state index in [0.29, 0.717) is 6.54 Å². The molecule has 0 aliphatic carbocycles. The van der Waals surface area contributed by atoms with Gasteiger partial charge < -0.3 is 19.9 Å². The van der Waals surface area contributed by atoms with Crippen molar-refractivity contribution in [1.82, 2.24) is 20.2 Å². The first-order valence-electron chi connectivity index (χ1n) is 9.51. The second-order valence-electron chi connectivity index (χ2n) is 8.00. The fraction of sp³-hybridized carbons (Fsp3) is 0.550. The lowest BCUT2D eigenvalue weighted by atomic mass is 9.97. The van der Waals surface area contributed by atoms with Gasteiger partial charge >= 0.3 is 6.09 Å². The molecule has 1 aromatic heterocycles. The van der Waals surface area contributed by atoms with E-state index in [4.69, 9.17) is 4.74 Å². The highest BCUT2D eigenvalue weighted by Crippen LogP contribution is 2.27. The number of aromatic amines is 1. The summed E-state index contributed by atoms with van der Waals surface area (Å²) in [6, 6.07) is 7.96. The topological polar surface area (TPSA) is 87.3 Å². The SMILES string of the molecule is CC(C)(C)OC(=O)NCCC(=O)N1CCCC(c2nc3ccccc3[nH]2)C1. The molecule has 7 nitrogen and oxygen atoms in total. The maximum atomic E-state index is 12.5. The number of rotatable bonds is 4. The predicted molar refractivity (Wildman–Crippen MR) is 104 cm³/mol. The normalized spacial score (nSPS) is 17.7. The monoisotopic (exact) mass is 372 g/mol. The number of piperidine rings is 1. The van der Waals surface area contributed by atoms with Crippen LogP contribution >= 0.6 is 0 Å². The van der Waals surface area contributed by atoms with E-state index in [0.717, 1.165) is 36.2 Å². The van der Waals surface area contributed by atoms with Gasteiger partial charge in [-0.25, -0.2) is 9.78 Å². The molecule has 2 amide bonds. The van der Waals surface area contributed by atoms with Crippen molar-refractivity contribution >= 4 is 23.0 Å². The number of alkyl carbamates (subject to hydrolysis) is 1. The van der Waals surface area contributed by atoms with Gasteiger partial charge in [0.05, 0.1) is 11.0 Å². The van der Waals surface area contributed by atoms with E-state index in [2.05, 4.69) is 15.3 Å². The Morgan fingerprint density at radius 1 is 1.33 bits per heavy atom. The van der Waals surface area contributed by atoms with Crippen molar-refractivity contribution in [3.8, 4) is 0 Å². The average Bonchev–Trinajstić information content (AvgIpc) is 3.04. The number of nitrogens with one attached hydrogen (secondary N) is 2. The molecule has 1 aliphatic rings. The number of hydrogen-bond acceptors (Lipinski definition) is 4. The molecular formula is C20H28N4O3. The van der Waals surface area contributed by atoms with Gasteiger partial charge in [0.25, 0.3) is 0 Å². The molecule has 2 aromatic rings. The first kappa shape index (κ1) is 19.2. The van der Waals surface area contributed by atoms with E-state index in [9.17, 15) is 9.59 Å². The van der Waals surface area contributed by atoms with Crippen molar-refractivity contribution in [2.24, 2.45) is 0 Å². The van der Waals surface area contributed by atoms with Gasteiger partial charge in [0.15, 0.2) is 0 Å². The van der Waals surface area contributed by atoms with E-state index in [-0.39, 0.29) is 24.8 Å². The van der Waals surface area contributed by atoms with E-state index in [1.54, 1.807) is 0 Å². The summed E-state index contributed by atoms with van der Waals surface area (Å²) < 4.78 is 5.18. The Hall–Kier alpha value is -2.57. The van der Waals surface area contributed by atoms with E-state index in [1.807, 2.05) is 49.9 Å². The number of H-pyrrole nitrogens is 1. The van der Waals surface area contributed by atoms with Gasteiger partial charge in [-0.1, -0.05) is 12.1 Å². The number of fused-ring (bicyclic) bond motifs is 1. The summed E-state index contributed by atoms with van der Waals surface area (Å²) in [6.07, 6.45) is 1.74. The largest absolute Gasteiger partial charge is 0.444 e. The van der Waals surface area contributed by atoms with E-state index in [1.165, 1.54) is 0 Å². The number of imidazole rings is 1. The Morgan fingerprint density at radius 2 is 2.11 bits per heavy atom. The van der Waals surface area contributed by atoms with Gasteiger partial charge in [0.1, 0.15) is 11.4 Å². The smallest absolute Gasteiger partial charge is 0.407 e. The second-order valence-corrected chi connectivity index (χ2v) is 8.00. The van der Waals surface area contributed by atoms with Gasteiger partial charge in [-0.15, -0.1) is 0 Å². The van der Waals surface area contributed by atoms with Gasteiger partial charge in [-0.2, -0.15) is 0 Å². The maximum Gasteiger partial charge on any atom is 0.407 e. The van der Waals surface area contributed by atoms with Crippen molar-refractivity contribution in [3.05, 3.63) is 30.1 Å². The zero-order chi connectivity index (χ0) is 19.4. The van der Waals surface area contributed by atoms with Crippen molar-refractivity contribution in [2.45, 2.75) is 51.6 Å². The number of nitrogens with zero attached hydrogens (tertiary/aromatic N) is 2. The minimum atomic E-state index is -0.541. The standard InChI is InChI=1S/C20H28N4O3/c1-20(2,3)27-19(26)21-11-10-17(25)24-12-6-7-14(13-24)18-22-15-8-4-5-9-16(15)23-18/h4-5,8-9,14H,6-7,10-13H2,1-3H3,(H,21,26)(H,22,23). The van der Waals surface area contributed by atoms with Crippen LogP contribution in [0.3, 0.4) is 0 Å². The van der Waals surface area contributed by atoms with Crippen LogP contribution in [0.4, 0.5) is 4.79 Å². The third-order valence-electron chi connectivity index (χ3n) is 4.58. The molecule has 7 heteroatoms. The lowest BCUT2D eigenvalue weighted by molar-refractivity contribution is -0.132. The fourth-order valence-electron chi connectivity index (χ4n) is 3.34. The summed E-state index contributed by atoms with van der Waals surface area (Å²) in [5, 5.41) is 2.64. The number of aromatic nitrogens is 2. The minimum absolute atomic E-state index is 0.0480. The van der Waals surface area contributed by atoms with Crippen LogP contribution in [0.5, 0.6) is 0 Å². The van der Waals surface area contributed by atoms with Crippen LogP contribution < -0.4 is 5.32 Å². The first-order chi connectivity index (χ1) is 12.8. The van der Waals surface area contributed by atoms with Gasteiger partial charge in [-0.3, -0.25) is 4.79 Å². The van der Waals surface area contributed by atoms with Crippen LogP contribution in [-0.4, -0.2) is 52.1 Å². The molecule has 1 saturated heterocycles. The Balaban J connectivity index is 1.51. The molecule has 1 aromatic carbocycles. The quantitative estimate of drug-likeness (QED) is 0.863. The number of ether oxygens (including phenoxy) is 1. The maximum absolute atomic E-state index is 12.5. The van der Waals surface area contributed by atoms with Crippen molar-refractivity contribution in [3.63, 3.8) is 0 Å². The van der Waals surface area contributed by atoms with Crippen molar-refractivity contribution in [1.29, 1.82) is 0 Å². The summed E-state index contributed by atoms with van der Waals surface area (Å²) in [4.78, 5) is 34.1. The van der Waals surface area contributed by atoms with E-state index >= 15 is 0 Å². The number of benzene rings is 1. The lowest BCUT2D eigenvalue weighted by Crippen LogP contribution is -2.41. The number of hydrogen-bond donors (Lipinski definition) is 2. The number of carbonyl (C=O) groups is 2. The second kappa shape index (κ2) is 7.98. The van der Waals surface area contributed by atoms with Crippen LogP contribution in [0.2, 0.25) is 0 Å². The summed E-state index contributed by atoms with van der Waals surface area (Å²) in [7, 11) is 0. The highest BCUT2D eigenvalue weighted by molar-refractivity contribution is 5.78. The summed E-state index contributed by atoms with van der Waals surface area (Å²) >= 11 is 0. The Bertz CT molecular complexity index is 776. The summed E-state index contributed by atoms with van der Waals surface area (Å²) in [5.41, 5.74) is 1.44. The molecule has 3 rings (SSSR count). The number of carbonyl (C=O) groups excluding carboxylic acids is 2. The van der Waals surface area contributed by atoms with E-state index < -0.39 is 11.7 Å². The third-order valence-corrected chi connectivity index (χ3v) is 4.58. The molecule has 1 aliphatic heterocycles. The molecule has 1 fully saturated rings. The number of amides is 2. The highest BCUT2D eigenvalue weighted by Gasteiger charge is 2.26. The molecule has 146 valence electrons. The average molecular weight is 372 g/mol. The molecule has 27 heavy (non-hydrogen) atoms. The minimum Gasteiger partial charge on any atom is -0.444 e. The molecule has 0 spiro atoms. The Morgan fingerprint density at radius 3 is 2.85 bits per heavy atom. The molecule has 0 saturated carbocycles. The molecule has 0 radical (unpaired) electrons. The molecule has 2 heterocycles. The number of para-hydroxylation sites is 2. The zero-order valence-corrected chi connectivity index (χ0v) is 16.2. The summed E-state index contributed by atoms with van der Waals surface area (Å²) in [5.74, 6) is 1.21. The van der Waals surface area contributed by atoms with Crippen LogP contribution in [-0.2, 0) is 9.53 Å². The van der Waals surface area contributed by atoms with Crippen LogP contribution in [0, 0.1) is 0 Å². The van der Waals surface area contributed by atoms with Crippen LogP contribution in [0.1, 0.15) is 51.8 Å².